The van der Waals surface area contributed by atoms with E-state index in [4.69, 9.17) is 11.6 Å². The van der Waals surface area contributed by atoms with Crippen molar-refractivity contribution in [3.8, 4) is 5.69 Å². The van der Waals surface area contributed by atoms with Crippen LogP contribution in [-0.4, -0.2) is 22.4 Å². The van der Waals surface area contributed by atoms with Gasteiger partial charge in [-0.3, -0.25) is 14.9 Å². The third-order valence-electron chi connectivity index (χ3n) is 5.30. The van der Waals surface area contributed by atoms with Gasteiger partial charge in [-0.2, -0.15) is 0 Å². The fourth-order valence-electron chi connectivity index (χ4n) is 3.68. The summed E-state index contributed by atoms with van der Waals surface area (Å²) in [6.07, 6.45) is 1.52. The zero-order valence-corrected chi connectivity index (χ0v) is 18.0. The third-order valence-corrected chi connectivity index (χ3v) is 5.71. The number of hydrogen-bond donors (Lipinski definition) is 1. The normalized spacial score (nSPS) is 15.5. The number of aryl methyl sites for hydroxylation is 2. The molecular weight excluding hydrogens is 414 g/mol. The lowest BCUT2D eigenvalue weighted by Crippen LogP contribution is -2.54. The van der Waals surface area contributed by atoms with E-state index in [0.717, 1.165) is 33.1 Å². The predicted octanol–water partition coefficient (Wildman–Crippen LogP) is 4.72. The van der Waals surface area contributed by atoms with Gasteiger partial charge in [-0.05, 0) is 68.3 Å². The number of rotatable bonds is 3. The highest BCUT2D eigenvalue weighted by molar-refractivity contribution is 6.39. The average Bonchev–Trinajstić information content (AvgIpc) is 3.01. The van der Waals surface area contributed by atoms with E-state index in [1.807, 2.05) is 61.7 Å². The summed E-state index contributed by atoms with van der Waals surface area (Å²) >= 11 is 6.17. The maximum atomic E-state index is 13.1. The Morgan fingerprint density at radius 2 is 1.61 bits per heavy atom. The van der Waals surface area contributed by atoms with Gasteiger partial charge in [0.2, 0.25) is 0 Å². The number of urea groups is 1. The fraction of sp³-hybridized carbons (Fsp3) is 0.125. The number of benzene rings is 2. The van der Waals surface area contributed by atoms with Gasteiger partial charge in [-0.25, -0.2) is 9.69 Å². The Morgan fingerprint density at radius 1 is 0.903 bits per heavy atom. The molecule has 6 nitrogen and oxygen atoms in total. The molecule has 0 bridgehead atoms. The number of para-hydroxylation sites is 1. The van der Waals surface area contributed by atoms with Crippen LogP contribution in [0, 0.1) is 20.8 Å². The Hall–Kier alpha value is -3.64. The first-order chi connectivity index (χ1) is 14.8. The molecule has 0 aliphatic carbocycles. The summed E-state index contributed by atoms with van der Waals surface area (Å²) in [5.41, 5.74) is 4.52. The quantitative estimate of drug-likeness (QED) is 0.479. The molecule has 156 valence electrons. The van der Waals surface area contributed by atoms with Crippen molar-refractivity contribution in [2.45, 2.75) is 20.8 Å². The molecule has 4 amide bonds. The zero-order chi connectivity index (χ0) is 22.3. The van der Waals surface area contributed by atoms with Crippen molar-refractivity contribution in [1.82, 2.24) is 9.88 Å². The molecule has 0 radical (unpaired) electrons. The second-order valence-electron chi connectivity index (χ2n) is 7.39. The molecule has 1 N–H and O–H groups in total. The van der Waals surface area contributed by atoms with E-state index in [1.165, 1.54) is 12.1 Å². The summed E-state index contributed by atoms with van der Waals surface area (Å²) in [7, 11) is 0. The molecule has 0 saturated carbocycles. The molecule has 1 saturated heterocycles. The first-order valence-electron chi connectivity index (χ1n) is 9.70. The number of amides is 4. The zero-order valence-electron chi connectivity index (χ0n) is 17.3. The van der Waals surface area contributed by atoms with E-state index in [1.54, 1.807) is 12.1 Å². The first kappa shape index (κ1) is 20.6. The summed E-state index contributed by atoms with van der Waals surface area (Å²) in [4.78, 5) is 39.0. The lowest BCUT2D eigenvalue weighted by molar-refractivity contribution is -0.122. The van der Waals surface area contributed by atoms with Crippen molar-refractivity contribution in [3.05, 3.63) is 87.7 Å². The van der Waals surface area contributed by atoms with E-state index in [2.05, 4.69) is 5.32 Å². The monoisotopic (exact) mass is 433 g/mol. The van der Waals surface area contributed by atoms with Gasteiger partial charge < -0.3 is 4.57 Å². The molecule has 0 atom stereocenters. The van der Waals surface area contributed by atoms with Crippen LogP contribution in [-0.2, 0) is 9.59 Å². The van der Waals surface area contributed by atoms with Gasteiger partial charge >= 0.3 is 6.03 Å². The summed E-state index contributed by atoms with van der Waals surface area (Å²) < 4.78 is 2.04. The Bertz CT molecular complexity index is 1260. The van der Waals surface area contributed by atoms with Crippen molar-refractivity contribution in [3.63, 3.8) is 0 Å². The van der Waals surface area contributed by atoms with Crippen LogP contribution in [0.1, 0.15) is 22.5 Å². The number of imide groups is 2. The van der Waals surface area contributed by atoms with Crippen molar-refractivity contribution < 1.29 is 14.4 Å². The number of anilines is 1. The van der Waals surface area contributed by atoms with Crippen molar-refractivity contribution >= 4 is 41.2 Å². The lowest BCUT2D eigenvalue weighted by Gasteiger charge is -2.26. The maximum absolute atomic E-state index is 13.1. The highest BCUT2D eigenvalue weighted by Gasteiger charge is 2.37. The van der Waals surface area contributed by atoms with Crippen LogP contribution in [0.25, 0.3) is 11.8 Å². The van der Waals surface area contributed by atoms with E-state index >= 15 is 0 Å². The van der Waals surface area contributed by atoms with Crippen molar-refractivity contribution in [2.75, 3.05) is 4.90 Å². The Kier molecular flexibility index (Phi) is 5.25. The third kappa shape index (κ3) is 3.66. The second kappa shape index (κ2) is 7.89. The second-order valence-corrected chi connectivity index (χ2v) is 7.80. The number of carbonyl (C=O) groups is 3. The Morgan fingerprint density at radius 3 is 2.29 bits per heavy atom. The van der Waals surface area contributed by atoms with Crippen molar-refractivity contribution in [2.24, 2.45) is 0 Å². The molecule has 31 heavy (non-hydrogen) atoms. The van der Waals surface area contributed by atoms with Gasteiger partial charge in [0.25, 0.3) is 11.8 Å². The summed E-state index contributed by atoms with van der Waals surface area (Å²) in [6.45, 7) is 5.69. The number of barbiturate groups is 1. The minimum absolute atomic E-state index is 0.121. The maximum Gasteiger partial charge on any atom is 0.335 e. The molecular formula is C24H20ClN3O3. The van der Waals surface area contributed by atoms with Crippen LogP contribution in [0.15, 0.2) is 60.2 Å². The van der Waals surface area contributed by atoms with Crippen molar-refractivity contribution in [1.29, 1.82) is 0 Å². The fourth-order valence-corrected chi connectivity index (χ4v) is 3.85. The first-order valence-corrected chi connectivity index (χ1v) is 10.1. The minimum atomic E-state index is -0.804. The lowest BCUT2D eigenvalue weighted by atomic mass is 10.1. The molecule has 0 spiro atoms. The number of halogens is 1. The number of nitrogens with one attached hydrogen (secondary N) is 1. The molecule has 4 rings (SSSR count). The molecule has 7 heteroatoms. The number of nitrogens with zero attached hydrogens (tertiary/aromatic N) is 2. The van der Waals surface area contributed by atoms with Gasteiger partial charge in [0.15, 0.2) is 0 Å². The standard InChI is InChI=1S/C24H20ClN3O3/c1-14-9-10-19(13-21(14)25)28-23(30)20(22(29)26-24(28)31)12-17-11-15(2)27(16(17)3)18-7-5-4-6-8-18/h4-13H,1-3H3,(H,26,29,31). The molecule has 1 aliphatic rings. The number of hydrogen-bond acceptors (Lipinski definition) is 3. The van der Waals surface area contributed by atoms with Crippen LogP contribution in [0.5, 0.6) is 0 Å². The smallest absolute Gasteiger partial charge is 0.318 e. The molecule has 2 heterocycles. The van der Waals surface area contributed by atoms with Crippen LogP contribution in [0.3, 0.4) is 0 Å². The van der Waals surface area contributed by atoms with E-state index in [0.29, 0.717) is 10.7 Å². The topological polar surface area (TPSA) is 71.4 Å². The Balaban J connectivity index is 1.77. The van der Waals surface area contributed by atoms with Gasteiger partial charge in [0, 0.05) is 22.1 Å². The minimum Gasteiger partial charge on any atom is -0.318 e. The van der Waals surface area contributed by atoms with Gasteiger partial charge in [-0.15, -0.1) is 0 Å². The molecule has 1 aromatic heterocycles. The largest absolute Gasteiger partial charge is 0.335 e. The van der Waals surface area contributed by atoms with E-state index in [-0.39, 0.29) is 5.57 Å². The van der Waals surface area contributed by atoms with E-state index in [9.17, 15) is 14.4 Å². The van der Waals surface area contributed by atoms with Crippen LogP contribution in [0.2, 0.25) is 5.02 Å². The highest BCUT2D eigenvalue weighted by atomic mass is 35.5. The molecule has 3 aromatic rings. The van der Waals surface area contributed by atoms with Gasteiger partial charge in [0.05, 0.1) is 5.69 Å². The number of aromatic nitrogens is 1. The molecule has 0 unspecified atom stereocenters. The molecule has 1 fully saturated rings. The van der Waals surface area contributed by atoms with Gasteiger partial charge in [-0.1, -0.05) is 35.9 Å². The molecule has 2 aromatic carbocycles. The average molecular weight is 434 g/mol. The highest BCUT2D eigenvalue weighted by Crippen LogP contribution is 2.28. The predicted molar refractivity (Wildman–Crippen MR) is 120 cm³/mol. The Labute approximate surface area is 184 Å². The van der Waals surface area contributed by atoms with Gasteiger partial charge in [0.1, 0.15) is 5.57 Å². The van der Waals surface area contributed by atoms with E-state index < -0.39 is 17.8 Å². The summed E-state index contributed by atoms with van der Waals surface area (Å²) in [5, 5.41) is 2.67. The van der Waals surface area contributed by atoms with Crippen LogP contribution < -0.4 is 10.2 Å². The van der Waals surface area contributed by atoms with Crippen LogP contribution in [0.4, 0.5) is 10.5 Å². The number of carbonyl (C=O) groups excluding carboxylic acids is 3. The SMILES string of the molecule is Cc1ccc(N2C(=O)NC(=O)C(=Cc3cc(C)n(-c4ccccc4)c3C)C2=O)cc1Cl. The summed E-state index contributed by atoms with van der Waals surface area (Å²) in [5.74, 6) is -1.42. The molecule has 1 aliphatic heterocycles. The van der Waals surface area contributed by atoms with Crippen LogP contribution >= 0.6 is 11.6 Å². The summed E-state index contributed by atoms with van der Waals surface area (Å²) in [6, 6.07) is 15.8.